The van der Waals surface area contributed by atoms with Crippen molar-refractivity contribution in [3.63, 3.8) is 0 Å². The van der Waals surface area contributed by atoms with E-state index >= 15 is 0 Å². The van der Waals surface area contributed by atoms with E-state index in [9.17, 15) is 61.3 Å². The molecule has 0 aliphatic heterocycles. The molecule has 0 aliphatic carbocycles. The van der Waals surface area contributed by atoms with Gasteiger partial charge in [0.15, 0.2) is 69.0 Å². The molecule has 12 heterocycles. The van der Waals surface area contributed by atoms with Crippen LogP contribution in [-0.2, 0) is 0 Å². The third-order valence-corrected chi connectivity index (χ3v) is 12.7. The molecule has 0 atom stereocenters. The molecule has 21 aromatic rings. The Morgan fingerprint density at radius 3 is 0.449 bits per heavy atom. The zero-order valence-corrected chi connectivity index (χ0v) is 40.4. The average Bonchev–Trinajstić information content (AvgIpc) is 3.52. The van der Waals surface area contributed by atoms with E-state index in [1.54, 1.807) is 72.8 Å². The predicted molar refractivity (Wildman–Crippen MR) is 297 cm³/mol. The van der Waals surface area contributed by atoms with Gasteiger partial charge in [0.1, 0.15) is 0 Å². The maximum atomic E-state index is 11.2. The molecule has 0 radical (unpaired) electrons. The van der Waals surface area contributed by atoms with Crippen molar-refractivity contribution in [2.75, 3.05) is 0 Å². The van der Waals surface area contributed by atoms with Crippen molar-refractivity contribution in [3.8, 4) is 69.0 Å². The lowest BCUT2D eigenvalue weighted by molar-refractivity contribution is 0.409. The molecule has 18 heteroatoms. The Morgan fingerprint density at radius 1 is 0.167 bits per heavy atom. The molecule has 0 saturated heterocycles. The number of phenolic OH excluding ortho intramolecular Hbond substituents is 12. The molecule has 12 N–H and O–H groups in total. The van der Waals surface area contributed by atoms with E-state index in [4.69, 9.17) is 0 Å². The highest BCUT2D eigenvalue weighted by atomic mass is 16.3. The van der Waals surface area contributed by atoms with Crippen molar-refractivity contribution in [2.24, 2.45) is 0 Å². The highest BCUT2D eigenvalue weighted by Gasteiger charge is 2.15. The number of benzene rings is 9. The van der Waals surface area contributed by atoms with E-state index in [1.165, 1.54) is 110 Å². The standard InChI is InChI=1S/C60H42N6O12/c67-49-31-13-19-37(55(49)73)39-21-15-33(51(69)57(39)75)27-63-45-9-3-4-10-46(45)65-29-35-17-23-41(59(77)53(35)71)42-24-18-36(54(72)60(42)78)30-66-48-12-6-5-11-47(48)64-28-34-16-22-40(58(76)52(34)70)38-20-14-32(50(68)56(38)74)26-62-44-8-2-1-7-43(44)61-25-31/h1-30,67-78H. The smallest absolute Gasteiger partial charge is 0.167 e. The van der Waals surface area contributed by atoms with Crippen molar-refractivity contribution in [1.82, 2.24) is 29.9 Å². The second-order valence-electron chi connectivity index (χ2n) is 17.4. The largest absolute Gasteiger partial charge is 0.504 e. The molecule has 18 nitrogen and oxygen atoms in total. The first-order valence-corrected chi connectivity index (χ1v) is 23.5. The van der Waals surface area contributed by atoms with Crippen LogP contribution in [0, 0.1) is 0 Å². The van der Waals surface area contributed by atoms with Crippen molar-refractivity contribution >= 4 is 97.7 Å². The molecule has 0 unspecified atom stereocenters. The van der Waals surface area contributed by atoms with Gasteiger partial charge in [0.2, 0.25) is 0 Å². The lowest BCUT2D eigenvalue weighted by Gasteiger charge is -2.06. The Balaban J connectivity index is 1.18. The van der Waals surface area contributed by atoms with Crippen LogP contribution in [-0.4, -0.2) is 91.2 Å². The molecule has 9 aromatic carbocycles. The van der Waals surface area contributed by atoms with Gasteiger partial charge in [-0.1, -0.05) is 36.4 Å². The zero-order chi connectivity index (χ0) is 54.8. The number of para-hydroxylation sites is 6. The van der Waals surface area contributed by atoms with E-state index < -0.39 is 69.0 Å². The van der Waals surface area contributed by atoms with E-state index in [0.29, 0.717) is 33.1 Å². The summed E-state index contributed by atoms with van der Waals surface area (Å²) in [7, 11) is 0. The summed E-state index contributed by atoms with van der Waals surface area (Å²) in [6.45, 7) is 0. The van der Waals surface area contributed by atoms with Gasteiger partial charge in [-0.15, -0.1) is 0 Å². The summed E-state index contributed by atoms with van der Waals surface area (Å²) < 4.78 is 0. The number of aromatic nitrogens is 6. The Morgan fingerprint density at radius 2 is 0.308 bits per heavy atom. The minimum Gasteiger partial charge on any atom is -0.504 e. The first kappa shape index (κ1) is 50.1. The number of rotatable bonds is 0. The lowest BCUT2D eigenvalue weighted by atomic mass is 10.1. The quantitative estimate of drug-likeness (QED) is 0.0628. The summed E-state index contributed by atoms with van der Waals surface area (Å²) in [5, 5.41) is 134. The van der Waals surface area contributed by atoms with Crippen LogP contribution in [0.5, 0.6) is 69.0 Å². The summed E-state index contributed by atoms with van der Waals surface area (Å²) in [6, 6.07) is 36.9. The van der Waals surface area contributed by atoms with Crippen molar-refractivity contribution in [3.05, 3.63) is 183 Å². The van der Waals surface area contributed by atoms with Crippen LogP contribution in [0.2, 0.25) is 0 Å². The van der Waals surface area contributed by atoms with Crippen molar-refractivity contribution in [1.29, 1.82) is 0 Å². The zero-order valence-electron chi connectivity index (χ0n) is 40.4. The minimum absolute atomic E-state index is 0.0272. The van der Waals surface area contributed by atoms with E-state index in [2.05, 4.69) is 29.9 Å². The summed E-state index contributed by atoms with van der Waals surface area (Å²) >= 11 is 0. The summed E-state index contributed by atoms with van der Waals surface area (Å²) in [4.78, 5) is 26.8. The first-order chi connectivity index (χ1) is 37.7. The number of hydrogen-bond donors (Lipinski definition) is 12. The summed E-state index contributed by atoms with van der Waals surface area (Å²) in [5.41, 5.74) is 1.82. The maximum absolute atomic E-state index is 11.2. The van der Waals surface area contributed by atoms with Gasteiger partial charge in [-0.2, -0.15) is 0 Å². The van der Waals surface area contributed by atoms with Crippen LogP contribution in [0.4, 0.5) is 0 Å². The highest BCUT2D eigenvalue weighted by molar-refractivity contribution is 6.01. The summed E-state index contributed by atoms with van der Waals surface area (Å²) in [5.74, 6) is -7.31. The van der Waals surface area contributed by atoms with Gasteiger partial charge >= 0.3 is 0 Å². The molecular weight excluding hydrogens is 997 g/mol. The molecular formula is C60H42N6O12. The van der Waals surface area contributed by atoms with Crippen LogP contribution in [0.15, 0.2) is 183 Å². The lowest BCUT2D eigenvalue weighted by Crippen LogP contribution is -1.81. The van der Waals surface area contributed by atoms with Gasteiger partial charge in [-0.05, 0) is 109 Å². The van der Waals surface area contributed by atoms with Crippen LogP contribution in [0.25, 0.3) is 97.7 Å². The molecule has 0 saturated carbocycles. The molecule has 0 amide bonds. The van der Waals surface area contributed by atoms with Gasteiger partial charge in [-0.25, -0.2) is 0 Å². The third-order valence-electron chi connectivity index (χ3n) is 12.7. The fraction of sp³-hybridized carbons (Fsp3) is 0. The molecule has 12 bridgehead atoms. The Labute approximate surface area is 439 Å². The molecule has 12 aromatic heterocycles. The number of nitrogens with zero attached hydrogens (tertiary/aromatic N) is 6. The predicted octanol–water partition coefficient (Wildman–Crippen LogP) is 11.6. The van der Waals surface area contributed by atoms with E-state index in [-0.39, 0.29) is 64.6 Å². The monoisotopic (exact) mass is 1040 g/mol. The third kappa shape index (κ3) is 9.53. The minimum atomic E-state index is -0.627. The Hall–Kier alpha value is -11.4. The number of phenols is 12. The molecule has 0 fully saturated rings. The van der Waals surface area contributed by atoms with Gasteiger partial charge in [0.25, 0.3) is 0 Å². The first-order valence-electron chi connectivity index (χ1n) is 23.5. The van der Waals surface area contributed by atoms with Crippen molar-refractivity contribution in [2.45, 2.75) is 0 Å². The fourth-order valence-corrected chi connectivity index (χ4v) is 8.38. The Kier molecular flexibility index (Phi) is 13.4. The molecule has 0 aliphatic rings. The van der Waals surface area contributed by atoms with Gasteiger partial charge < -0.3 is 61.3 Å². The van der Waals surface area contributed by atoms with Crippen LogP contribution in [0.1, 0.15) is 0 Å². The van der Waals surface area contributed by atoms with E-state index in [1.807, 2.05) is 0 Å². The number of hydrogen-bond acceptors (Lipinski definition) is 18. The van der Waals surface area contributed by atoms with Gasteiger partial charge in [0, 0.05) is 102 Å². The normalized spacial score (nSPS) is 10.9. The van der Waals surface area contributed by atoms with Crippen LogP contribution in [0.3, 0.4) is 0 Å². The fourth-order valence-electron chi connectivity index (χ4n) is 8.38. The average molecular weight is 1040 g/mol. The van der Waals surface area contributed by atoms with Crippen LogP contribution < -0.4 is 0 Å². The SMILES string of the molecule is Oc1c(O)c2ccc1cnc1ccccc1ncc1ccc(c(O)c1O)c1ccc(cnc3ccccc3ncc3ccc(c(O)c3O)c3ccc(cnc4ccccc4ncc4ccc2c(O)c4O)c(O)c3O)c(O)c1O. The second kappa shape index (κ2) is 20.8. The van der Waals surface area contributed by atoms with Gasteiger partial charge in [-0.3, -0.25) is 29.9 Å². The topological polar surface area (TPSA) is 320 Å². The van der Waals surface area contributed by atoms with Gasteiger partial charge in [0.05, 0.1) is 33.1 Å². The molecule has 0 spiro atoms. The maximum Gasteiger partial charge on any atom is 0.167 e. The molecule has 384 valence electrons. The van der Waals surface area contributed by atoms with E-state index in [0.717, 1.165) is 0 Å². The number of aromatic hydroxyl groups is 12. The second-order valence-corrected chi connectivity index (χ2v) is 17.4. The summed E-state index contributed by atoms with van der Waals surface area (Å²) in [6.07, 6.45) is 7.65. The highest BCUT2D eigenvalue weighted by Crippen LogP contribution is 2.45. The van der Waals surface area contributed by atoms with Crippen LogP contribution >= 0.6 is 0 Å². The Bertz CT molecular complexity index is 3890. The molecule has 21 rings (SSSR count). The van der Waals surface area contributed by atoms with Crippen molar-refractivity contribution < 1.29 is 61.3 Å². The molecule has 78 heavy (non-hydrogen) atoms.